The van der Waals surface area contributed by atoms with Crippen molar-refractivity contribution in [2.45, 2.75) is 19.5 Å². The summed E-state index contributed by atoms with van der Waals surface area (Å²) in [4.78, 5) is 14.1. The molecule has 1 amide bonds. The predicted octanol–water partition coefficient (Wildman–Crippen LogP) is 2.87. The van der Waals surface area contributed by atoms with E-state index in [2.05, 4.69) is 0 Å². The summed E-state index contributed by atoms with van der Waals surface area (Å²) in [7, 11) is 0. The van der Waals surface area contributed by atoms with Gasteiger partial charge in [-0.3, -0.25) is 4.79 Å². The molecule has 3 heteroatoms. The topological polar surface area (TPSA) is 46.3 Å². The first kappa shape index (κ1) is 11.9. The number of nitrogens with zero attached hydrogens (tertiary/aromatic N) is 1. The van der Waals surface area contributed by atoms with Crippen LogP contribution in [0.4, 0.5) is 5.69 Å². The Morgan fingerprint density at radius 2 is 1.79 bits per heavy atom. The van der Waals surface area contributed by atoms with E-state index in [1.54, 1.807) is 4.90 Å². The molecule has 19 heavy (non-hydrogen) atoms. The third kappa shape index (κ3) is 2.02. The fourth-order valence-corrected chi connectivity index (χ4v) is 2.42. The molecule has 0 saturated heterocycles. The molecule has 0 bridgehead atoms. The van der Waals surface area contributed by atoms with E-state index in [0.717, 1.165) is 22.4 Å². The van der Waals surface area contributed by atoms with Crippen LogP contribution in [-0.4, -0.2) is 5.91 Å². The van der Waals surface area contributed by atoms with Gasteiger partial charge in [-0.15, -0.1) is 0 Å². The first-order valence-corrected chi connectivity index (χ1v) is 6.42. The third-order valence-corrected chi connectivity index (χ3v) is 3.55. The average Bonchev–Trinajstić information content (AvgIpc) is 2.77. The number of hydrogen-bond donors (Lipinski definition) is 1. The second kappa shape index (κ2) is 4.52. The van der Waals surface area contributed by atoms with Crippen molar-refractivity contribution < 1.29 is 4.79 Å². The van der Waals surface area contributed by atoms with Crippen molar-refractivity contribution in [3.05, 3.63) is 65.2 Å². The minimum Gasteiger partial charge on any atom is -0.324 e. The van der Waals surface area contributed by atoms with Crippen LogP contribution in [-0.2, 0) is 6.54 Å². The van der Waals surface area contributed by atoms with Crippen LogP contribution in [0.1, 0.15) is 34.5 Å². The molecule has 0 spiro atoms. The van der Waals surface area contributed by atoms with Crippen LogP contribution >= 0.6 is 0 Å². The SMILES string of the molecule is CC(N)c1ccc(N2Cc3ccccc3C2=O)cc1. The van der Waals surface area contributed by atoms with Crippen LogP contribution in [0, 0.1) is 0 Å². The molecule has 1 aliphatic heterocycles. The maximum Gasteiger partial charge on any atom is 0.258 e. The lowest BCUT2D eigenvalue weighted by atomic mass is 10.1. The molecule has 1 heterocycles. The van der Waals surface area contributed by atoms with Gasteiger partial charge >= 0.3 is 0 Å². The average molecular weight is 252 g/mol. The van der Waals surface area contributed by atoms with E-state index >= 15 is 0 Å². The molecule has 0 saturated carbocycles. The molecule has 3 nitrogen and oxygen atoms in total. The molecule has 2 aromatic carbocycles. The fraction of sp³-hybridized carbons (Fsp3) is 0.188. The van der Waals surface area contributed by atoms with E-state index in [0.29, 0.717) is 6.54 Å². The fourth-order valence-electron chi connectivity index (χ4n) is 2.42. The second-order valence-electron chi connectivity index (χ2n) is 4.93. The molecule has 3 rings (SSSR count). The Hall–Kier alpha value is -2.13. The van der Waals surface area contributed by atoms with Gasteiger partial charge in [0.1, 0.15) is 0 Å². The standard InChI is InChI=1S/C16H16N2O/c1-11(17)12-6-8-14(9-7-12)18-10-13-4-2-3-5-15(13)16(18)19/h2-9,11H,10,17H2,1H3. The number of nitrogens with two attached hydrogens (primary N) is 1. The van der Waals surface area contributed by atoms with Crippen molar-refractivity contribution in [1.82, 2.24) is 0 Å². The molecule has 2 N–H and O–H groups in total. The van der Waals surface area contributed by atoms with Gasteiger partial charge in [0.2, 0.25) is 0 Å². The van der Waals surface area contributed by atoms with Crippen molar-refractivity contribution in [1.29, 1.82) is 0 Å². The molecule has 1 unspecified atom stereocenters. The van der Waals surface area contributed by atoms with Gasteiger partial charge in [0, 0.05) is 17.3 Å². The Bertz CT molecular complexity index is 617. The van der Waals surface area contributed by atoms with Gasteiger partial charge in [0.15, 0.2) is 0 Å². The minimum atomic E-state index is 0.0144. The summed E-state index contributed by atoms with van der Waals surface area (Å²) in [6.45, 7) is 2.60. The number of anilines is 1. The van der Waals surface area contributed by atoms with Crippen LogP contribution in [0.3, 0.4) is 0 Å². The van der Waals surface area contributed by atoms with Crippen molar-refractivity contribution >= 4 is 11.6 Å². The number of carbonyl (C=O) groups excluding carboxylic acids is 1. The van der Waals surface area contributed by atoms with Gasteiger partial charge in [-0.25, -0.2) is 0 Å². The predicted molar refractivity (Wildman–Crippen MR) is 76.0 cm³/mol. The first-order chi connectivity index (χ1) is 9.16. The molecule has 0 aliphatic carbocycles. The molecule has 96 valence electrons. The summed E-state index contributed by atoms with van der Waals surface area (Å²) in [5.74, 6) is 0.0733. The summed E-state index contributed by atoms with van der Waals surface area (Å²) in [5, 5.41) is 0. The minimum absolute atomic E-state index is 0.0144. The normalized spacial score (nSPS) is 15.5. The van der Waals surface area contributed by atoms with E-state index in [4.69, 9.17) is 5.73 Å². The Morgan fingerprint density at radius 3 is 2.42 bits per heavy atom. The van der Waals surface area contributed by atoms with Crippen LogP contribution in [0.5, 0.6) is 0 Å². The molecular weight excluding hydrogens is 236 g/mol. The van der Waals surface area contributed by atoms with Crippen LogP contribution in [0.15, 0.2) is 48.5 Å². The Labute approximate surface area is 112 Å². The quantitative estimate of drug-likeness (QED) is 0.893. The summed E-state index contributed by atoms with van der Waals surface area (Å²) < 4.78 is 0. The maximum atomic E-state index is 12.3. The van der Waals surface area contributed by atoms with E-state index in [1.165, 1.54) is 0 Å². The van der Waals surface area contributed by atoms with Gasteiger partial charge in [0.05, 0.1) is 6.54 Å². The Morgan fingerprint density at radius 1 is 1.11 bits per heavy atom. The highest BCUT2D eigenvalue weighted by atomic mass is 16.2. The summed E-state index contributed by atoms with van der Waals surface area (Å²) in [6.07, 6.45) is 0. The highest BCUT2D eigenvalue weighted by Crippen LogP contribution is 2.28. The van der Waals surface area contributed by atoms with Crippen molar-refractivity contribution in [2.24, 2.45) is 5.73 Å². The molecular formula is C16H16N2O. The molecule has 1 atom stereocenters. The summed E-state index contributed by atoms with van der Waals surface area (Å²) >= 11 is 0. The number of hydrogen-bond acceptors (Lipinski definition) is 2. The number of rotatable bonds is 2. The van der Waals surface area contributed by atoms with E-state index < -0.39 is 0 Å². The summed E-state index contributed by atoms with van der Waals surface area (Å²) in [6, 6.07) is 15.7. The lowest BCUT2D eigenvalue weighted by Crippen LogP contribution is -2.23. The largest absolute Gasteiger partial charge is 0.324 e. The Balaban J connectivity index is 1.91. The van der Waals surface area contributed by atoms with Crippen molar-refractivity contribution in [3.8, 4) is 0 Å². The third-order valence-electron chi connectivity index (χ3n) is 3.55. The summed E-state index contributed by atoms with van der Waals surface area (Å²) in [5.41, 5.74) is 9.72. The molecule has 2 aromatic rings. The first-order valence-electron chi connectivity index (χ1n) is 6.42. The van der Waals surface area contributed by atoms with Gasteiger partial charge in [-0.1, -0.05) is 30.3 Å². The lowest BCUT2D eigenvalue weighted by Gasteiger charge is -2.16. The van der Waals surface area contributed by atoms with E-state index in [-0.39, 0.29) is 11.9 Å². The Kier molecular flexibility index (Phi) is 2.84. The highest BCUT2D eigenvalue weighted by Gasteiger charge is 2.27. The molecule has 0 radical (unpaired) electrons. The number of amides is 1. The lowest BCUT2D eigenvalue weighted by molar-refractivity contribution is 0.0996. The zero-order valence-corrected chi connectivity index (χ0v) is 10.8. The molecule has 0 aromatic heterocycles. The van der Waals surface area contributed by atoms with Crippen LogP contribution in [0.25, 0.3) is 0 Å². The van der Waals surface area contributed by atoms with Crippen molar-refractivity contribution in [3.63, 3.8) is 0 Å². The second-order valence-corrected chi connectivity index (χ2v) is 4.93. The van der Waals surface area contributed by atoms with Crippen LogP contribution < -0.4 is 10.6 Å². The number of benzene rings is 2. The maximum absolute atomic E-state index is 12.3. The van der Waals surface area contributed by atoms with Gasteiger partial charge in [-0.2, -0.15) is 0 Å². The van der Waals surface area contributed by atoms with Crippen molar-refractivity contribution in [2.75, 3.05) is 4.90 Å². The van der Waals surface area contributed by atoms with Gasteiger partial charge < -0.3 is 10.6 Å². The van der Waals surface area contributed by atoms with Gasteiger partial charge in [0.25, 0.3) is 5.91 Å². The molecule has 0 fully saturated rings. The zero-order chi connectivity index (χ0) is 13.4. The number of fused-ring (bicyclic) bond motifs is 1. The number of carbonyl (C=O) groups is 1. The monoisotopic (exact) mass is 252 g/mol. The smallest absolute Gasteiger partial charge is 0.258 e. The van der Waals surface area contributed by atoms with E-state index in [1.807, 2.05) is 55.5 Å². The van der Waals surface area contributed by atoms with E-state index in [9.17, 15) is 4.79 Å². The zero-order valence-electron chi connectivity index (χ0n) is 10.8. The highest BCUT2D eigenvalue weighted by molar-refractivity contribution is 6.09. The molecule has 1 aliphatic rings. The van der Waals surface area contributed by atoms with Crippen LogP contribution in [0.2, 0.25) is 0 Å². The van der Waals surface area contributed by atoms with Gasteiger partial charge in [-0.05, 0) is 36.2 Å².